The molecule has 0 atom stereocenters. The van der Waals surface area contributed by atoms with E-state index in [2.05, 4.69) is 33.7 Å². The predicted octanol–water partition coefficient (Wildman–Crippen LogP) is 2.37. The summed E-state index contributed by atoms with van der Waals surface area (Å²) in [5.41, 5.74) is 8.30. The molecule has 0 saturated heterocycles. The second-order valence-electron chi connectivity index (χ2n) is 5.24. The fourth-order valence-electron chi connectivity index (χ4n) is 2.46. The standard InChI is InChI=1S/C14H17ClN6/c1-9(2)21-13-4-3-10(15)5-12(13)17-14(21)8-20-7-11(6-16)18-19-20/h3-5,7,9H,6,8,16H2,1-2H3. The molecule has 6 nitrogen and oxygen atoms in total. The Kier molecular flexibility index (Phi) is 3.65. The van der Waals surface area contributed by atoms with Crippen LogP contribution in [0.3, 0.4) is 0 Å². The Bertz CT molecular complexity index is 773. The third-order valence-corrected chi connectivity index (χ3v) is 3.57. The van der Waals surface area contributed by atoms with Gasteiger partial charge in [0.05, 0.1) is 22.9 Å². The lowest BCUT2D eigenvalue weighted by molar-refractivity contribution is 0.543. The van der Waals surface area contributed by atoms with Crippen molar-refractivity contribution in [1.29, 1.82) is 0 Å². The van der Waals surface area contributed by atoms with Crippen LogP contribution in [0.4, 0.5) is 0 Å². The summed E-state index contributed by atoms with van der Waals surface area (Å²) in [6.45, 7) is 5.20. The highest BCUT2D eigenvalue weighted by Crippen LogP contribution is 2.24. The average molecular weight is 305 g/mol. The van der Waals surface area contributed by atoms with Crippen LogP contribution in [0.25, 0.3) is 11.0 Å². The van der Waals surface area contributed by atoms with E-state index in [1.54, 1.807) is 4.68 Å². The van der Waals surface area contributed by atoms with E-state index in [0.717, 1.165) is 22.6 Å². The molecule has 3 aromatic rings. The molecule has 0 unspecified atom stereocenters. The number of fused-ring (bicyclic) bond motifs is 1. The quantitative estimate of drug-likeness (QED) is 0.803. The maximum absolute atomic E-state index is 6.05. The Morgan fingerprint density at radius 3 is 2.81 bits per heavy atom. The van der Waals surface area contributed by atoms with Crippen LogP contribution in [0.15, 0.2) is 24.4 Å². The van der Waals surface area contributed by atoms with Gasteiger partial charge in [-0.1, -0.05) is 16.8 Å². The smallest absolute Gasteiger partial charge is 0.132 e. The van der Waals surface area contributed by atoms with E-state index in [4.69, 9.17) is 17.3 Å². The minimum absolute atomic E-state index is 0.295. The van der Waals surface area contributed by atoms with Gasteiger partial charge in [-0.05, 0) is 32.0 Å². The number of halogens is 1. The first-order valence-electron chi connectivity index (χ1n) is 6.84. The number of benzene rings is 1. The summed E-state index contributed by atoms with van der Waals surface area (Å²) in [6.07, 6.45) is 1.84. The fraction of sp³-hybridized carbons (Fsp3) is 0.357. The molecule has 0 spiro atoms. The lowest BCUT2D eigenvalue weighted by atomic mass is 10.3. The van der Waals surface area contributed by atoms with Crippen molar-refractivity contribution in [1.82, 2.24) is 24.5 Å². The fourth-order valence-corrected chi connectivity index (χ4v) is 2.63. The highest BCUT2D eigenvalue weighted by atomic mass is 35.5. The van der Waals surface area contributed by atoms with Gasteiger partial charge in [-0.2, -0.15) is 0 Å². The molecule has 0 saturated carbocycles. The second kappa shape index (κ2) is 5.46. The first kappa shape index (κ1) is 14.0. The van der Waals surface area contributed by atoms with Gasteiger partial charge in [-0.3, -0.25) is 0 Å². The van der Waals surface area contributed by atoms with E-state index >= 15 is 0 Å². The average Bonchev–Trinajstić information content (AvgIpc) is 3.02. The van der Waals surface area contributed by atoms with E-state index in [1.807, 2.05) is 24.4 Å². The van der Waals surface area contributed by atoms with Crippen molar-refractivity contribution < 1.29 is 0 Å². The molecule has 2 heterocycles. The van der Waals surface area contributed by atoms with Gasteiger partial charge >= 0.3 is 0 Å². The largest absolute Gasteiger partial charge is 0.325 e. The van der Waals surface area contributed by atoms with Gasteiger partial charge < -0.3 is 10.3 Å². The van der Waals surface area contributed by atoms with Crippen LogP contribution in [0.5, 0.6) is 0 Å². The van der Waals surface area contributed by atoms with Crippen molar-refractivity contribution >= 4 is 22.6 Å². The SMILES string of the molecule is CC(C)n1c(Cn2cc(CN)nn2)nc2cc(Cl)ccc21. The zero-order valence-corrected chi connectivity index (χ0v) is 12.7. The zero-order valence-electron chi connectivity index (χ0n) is 12.0. The first-order valence-corrected chi connectivity index (χ1v) is 7.21. The van der Waals surface area contributed by atoms with Gasteiger partial charge in [-0.15, -0.1) is 5.10 Å². The molecule has 1 aromatic carbocycles. The lowest BCUT2D eigenvalue weighted by Gasteiger charge is -2.12. The van der Waals surface area contributed by atoms with E-state index in [9.17, 15) is 0 Å². The second-order valence-corrected chi connectivity index (χ2v) is 5.67. The summed E-state index contributed by atoms with van der Waals surface area (Å²) in [5, 5.41) is 8.77. The molecule has 0 aliphatic heterocycles. The molecule has 0 amide bonds. The molecule has 21 heavy (non-hydrogen) atoms. The molecule has 0 radical (unpaired) electrons. The zero-order chi connectivity index (χ0) is 15.0. The molecule has 2 N–H and O–H groups in total. The molecule has 0 bridgehead atoms. The molecule has 0 aliphatic carbocycles. The van der Waals surface area contributed by atoms with Gasteiger partial charge in [0, 0.05) is 17.6 Å². The Labute approximate surface area is 127 Å². The third-order valence-electron chi connectivity index (χ3n) is 3.34. The van der Waals surface area contributed by atoms with Crippen LogP contribution in [0.2, 0.25) is 5.02 Å². The van der Waals surface area contributed by atoms with Crippen LogP contribution in [0.1, 0.15) is 31.4 Å². The van der Waals surface area contributed by atoms with Gasteiger partial charge in [0.25, 0.3) is 0 Å². The van der Waals surface area contributed by atoms with Gasteiger partial charge in [0.15, 0.2) is 0 Å². The van der Waals surface area contributed by atoms with E-state index in [-0.39, 0.29) is 0 Å². The maximum atomic E-state index is 6.05. The topological polar surface area (TPSA) is 74.5 Å². The van der Waals surface area contributed by atoms with Crippen molar-refractivity contribution in [2.75, 3.05) is 0 Å². The minimum atomic E-state index is 0.295. The highest BCUT2D eigenvalue weighted by Gasteiger charge is 2.14. The molecular weight excluding hydrogens is 288 g/mol. The number of hydrogen-bond acceptors (Lipinski definition) is 4. The Morgan fingerprint density at radius 2 is 2.14 bits per heavy atom. The molecular formula is C14H17ClN6. The third kappa shape index (κ3) is 2.64. The van der Waals surface area contributed by atoms with E-state index in [0.29, 0.717) is 24.2 Å². The van der Waals surface area contributed by atoms with Crippen molar-refractivity contribution in [3.63, 3.8) is 0 Å². The number of aromatic nitrogens is 5. The van der Waals surface area contributed by atoms with Gasteiger partial charge in [0.2, 0.25) is 0 Å². The van der Waals surface area contributed by atoms with Crippen LogP contribution >= 0.6 is 11.6 Å². The molecule has 2 aromatic heterocycles. The summed E-state index contributed by atoms with van der Waals surface area (Å²) < 4.78 is 3.94. The van der Waals surface area contributed by atoms with E-state index in [1.165, 1.54) is 0 Å². The summed E-state index contributed by atoms with van der Waals surface area (Å²) in [5.74, 6) is 0.927. The van der Waals surface area contributed by atoms with Crippen LogP contribution in [0, 0.1) is 0 Å². The molecule has 7 heteroatoms. The minimum Gasteiger partial charge on any atom is -0.325 e. The predicted molar refractivity (Wildman–Crippen MR) is 82.1 cm³/mol. The van der Waals surface area contributed by atoms with Crippen LogP contribution < -0.4 is 5.73 Å². The van der Waals surface area contributed by atoms with Gasteiger partial charge in [0.1, 0.15) is 12.4 Å². The number of nitrogens with zero attached hydrogens (tertiary/aromatic N) is 5. The summed E-state index contributed by atoms with van der Waals surface area (Å²) >= 11 is 6.05. The molecule has 3 rings (SSSR count). The Hall–Kier alpha value is -1.92. The molecule has 0 aliphatic rings. The summed E-state index contributed by atoms with van der Waals surface area (Å²) in [6, 6.07) is 6.06. The highest BCUT2D eigenvalue weighted by molar-refractivity contribution is 6.31. The monoisotopic (exact) mass is 304 g/mol. The number of hydrogen-bond donors (Lipinski definition) is 1. The first-order chi connectivity index (χ1) is 10.1. The Balaban J connectivity index is 2.06. The Morgan fingerprint density at radius 1 is 1.33 bits per heavy atom. The van der Waals surface area contributed by atoms with Crippen molar-refractivity contribution in [2.45, 2.75) is 33.0 Å². The van der Waals surface area contributed by atoms with Crippen molar-refractivity contribution in [2.24, 2.45) is 5.73 Å². The number of rotatable bonds is 4. The summed E-state index contributed by atoms with van der Waals surface area (Å²) in [7, 11) is 0. The van der Waals surface area contributed by atoms with Crippen molar-refractivity contribution in [3.05, 3.63) is 40.9 Å². The van der Waals surface area contributed by atoms with E-state index < -0.39 is 0 Å². The van der Waals surface area contributed by atoms with Crippen LogP contribution in [-0.2, 0) is 13.1 Å². The molecule has 110 valence electrons. The van der Waals surface area contributed by atoms with Gasteiger partial charge in [-0.25, -0.2) is 9.67 Å². The number of nitrogens with two attached hydrogens (primary N) is 1. The summed E-state index contributed by atoms with van der Waals surface area (Å²) in [4.78, 5) is 4.68. The van der Waals surface area contributed by atoms with Crippen molar-refractivity contribution in [3.8, 4) is 0 Å². The normalized spacial score (nSPS) is 11.7. The maximum Gasteiger partial charge on any atom is 0.132 e. The van der Waals surface area contributed by atoms with Crippen LogP contribution in [-0.4, -0.2) is 24.5 Å². The lowest BCUT2D eigenvalue weighted by Crippen LogP contribution is -2.11. The molecule has 0 fully saturated rings. The number of imidazole rings is 1.